The average Bonchev–Trinajstić information content (AvgIpc) is 2.14. The fraction of sp³-hybridized carbons (Fsp3) is 0.818. The zero-order valence-electron chi connectivity index (χ0n) is 9.05. The first kappa shape index (κ1) is 13.1. The SMILES string of the molecule is CCCC/C=C(\C)CC[C@@H](S)OC. The Morgan fingerprint density at radius 2 is 2.23 bits per heavy atom. The van der Waals surface area contributed by atoms with Gasteiger partial charge in [0, 0.05) is 7.11 Å². The molecule has 2 heteroatoms. The van der Waals surface area contributed by atoms with Gasteiger partial charge in [0.1, 0.15) is 0 Å². The minimum absolute atomic E-state index is 0.0922. The molecule has 0 aromatic carbocycles. The maximum atomic E-state index is 5.06. The summed E-state index contributed by atoms with van der Waals surface area (Å²) >= 11 is 4.26. The van der Waals surface area contributed by atoms with E-state index < -0.39 is 0 Å². The van der Waals surface area contributed by atoms with Crippen molar-refractivity contribution in [1.29, 1.82) is 0 Å². The van der Waals surface area contributed by atoms with Gasteiger partial charge in [-0.15, -0.1) is 12.6 Å². The van der Waals surface area contributed by atoms with E-state index in [0.29, 0.717) is 0 Å². The van der Waals surface area contributed by atoms with Crippen molar-refractivity contribution in [2.75, 3.05) is 7.11 Å². The van der Waals surface area contributed by atoms with Crippen LogP contribution < -0.4 is 0 Å². The third-order valence-electron chi connectivity index (χ3n) is 2.11. The highest BCUT2D eigenvalue weighted by Crippen LogP contribution is 2.12. The Kier molecular flexibility index (Phi) is 8.67. The zero-order chi connectivity index (χ0) is 10.1. The van der Waals surface area contributed by atoms with Gasteiger partial charge in [-0.2, -0.15) is 0 Å². The maximum Gasteiger partial charge on any atom is 0.0998 e. The van der Waals surface area contributed by atoms with Crippen LogP contribution in [0.2, 0.25) is 0 Å². The second-order valence-corrected chi connectivity index (χ2v) is 4.00. The fourth-order valence-electron chi connectivity index (χ4n) is 1.12. The van der Waals surface area contributed by atoms with E-state index >= 15 is 0 Å². The summed E-state index contributed by atoms with van der Waals surface area (Å²) in [5.41, 5.74) is 1.55. The summed E-state index contributed by atoms with van der Waals surface area (Å²) in [6.07, 6.45) is 8.23. The van der Waals surface area contributed by atoms with Gasteiger partial charge < -0.3 is 4.74 Å². The third kappa shape index (κ3) is 8.38. The minimum atomic E-state index is 0.0922. The van der Waals surface area contributed by atoms with Crippen LogP contribution in [0.15, 0.2) is 11.6 Å². The third-order valence-corrected chi connectivity index (χ3v) is 2.58. The first-order valence-electron chi connectivity index (χ1n) is 5.07. The van der Waals surface area contributed by atoms with Crippen LogP contribution in [0.4, 0.5) is 0 Å². The molecule has 1 nitrogen and oxygen atoms in total. The van der Waals surface area contributed by atoms with E-state index in [1.165, 1.54) is 24.8 Å². The number of thiol groups is 1. The Bertz CT molecular complexity index is 143. The highest BCUT2D eigenvalue weighted by atomic mass is 32.1. The molecule has 0 aromatic rings. The van der Waals surface area contributed by atoms with Gasteiger partial charge in [-0.3, -0.25) is 0 Å². The van der Waals surface area contributed by atoms with Crippen LogP contribution in [0.25, 0.3) is 0 Å². The number of rotatable bonds is 7. The standard InChI is InChI=1S/C11H22OS/c1-4-5-6-7-10(2)8-9-11(13)12-3/h7,11,13H,4-6,8-9H2,1-3H3/b10-7+/t11-/m1/s1. The summed E-state index contributed by atoms with van der Waals surface area (Å²) in [5.74, 6) is 0. The van der Waals surface area contributed by atoms with E-state index in [0.717, 1.165) is 12.8 Å². The lowest BCUT2D eigenvalue weighted by Crippen LogP contribution is -2.00. The number of unbranched alkanes of at least 4 members (excludes halogenated alkanes) is 2. The number of hydrogen-bond acceptors (Lipinski definition) is 2. The van der Waals surface area contributed by atoms with E-state index in [1.807, 2.05) is 0 Å². The normalized spacial score (nSPS) is 14.6. The predicted octanol–water partition coefficient (Wildman–Crippen LogP) is 3.81. The van der Waals surface area contributed by atoms with Crippen molar-refractivity contribution >= 4 is 12.6 Å². The van der Waals surface area contributed by atoms with Gasteiger partial charge in [-0.1, -0.05) is 31.4 Å². The van der Waals surface area contributed by atoms with E-state index in [2.05, 4.69) is 32.6 Å². The second-order valence-electron chi connectivity index (χ2n) is 3.42. The van der Waals surface area contributed by atoms with Crippen molar-refractivity contribution < 1.29 is 4.74 Å². The summed E-state index contributed by atoms with van der Waals surface area (Å²) in [7, 11) is 1.70. The smallest absolute Gasteiger partial charge is 0.0998 e. The Morgan fingerprint density at radius 3 is 2.77 bits per heavy atom. The highest BCUT2D eigenvalue weighted by molar-refractivity contribution is 7.80. The van der Waals surface area contributed by atoms with E-state index in [1.54, 1.807) is 7.11 Å². The molecule has 0 aliphatic carbocycles. The summed E-state index contributed by atoms with van der Waals surface area (Å²) in [6, 6.07) is 0. The first-order chi connectivity index (χ1) is 6.20. The van der Waals surface area contributed by atoms with E-state index in [4.69, 9.17) is 4.74 Å². The van der Waals surface area contributed by atoms with Crippen LogP contribution in [-0.4, -0.2) is 12.5 Å². The molecule has 0 amide bonds. The molecule has 0 bridgehead atoms. The first-order valence-corrected chi connectivity index (χ1v) is 5.58. The summed E-state index contributed by atoms with van der Waals surface area (Å²) < 4.78 is 5.06. The Morgan fingerprint density at radius 1 is 1.54 bits per heavy atom. The van der Waals surface area contributed by atoms with Crippen molar-refractivity contribution in [2.45, 2.75) is 51.4 Å². The monoisotopic (exact) mass is 202 g/mol. The molecule has 0 aliphatic rings. The minimum Gasteiger partial charge on any atom is -0.371 e. The lowest BCUT2D eigenvalue weighted by molar-refractivity contribution is 0.168. The molecule has 0 heterocycles. The van der Waals surface area contributed by atoms with Gasteiger partial charge in [0.2, 0.25) is 0 Å². The fourth-order valence-corrected chi connectivity index (χ4v) is 1.25. The lowest BCUT2D eigenvalue weighted by atomic mass is 10.1. The second kappa shape index (κ2) is 8.64. The molecule has 0 fully saturated rings. The molecule has 0 aromatic heterocycles. The van der Waals surface area contributed by atoms with Crippen LogP contribution in [-0.2, 0) is 4.74 Å². The molecule has 0 aliphatic heterocycles. The van der Waals surface area contributed by atoms with Crippen molar-refractivity contribution in [2.24, 2.45) is 0 Å². The Balaban J connectivity index is 3.48. The van der Waals surface area contributed by atoms with Gasteiger partial charge in [0.25, 0.3) is 0 Å². The molecule has 0 saturated carbocycles. The molecule has 0 N–H and O–H groups in total. The van der Waals surface area contributed by atoms with Crippen molar-refractivity contribution in [1.82, 2.24) is 0 Å². The maximum absolute atomic E-state index is 5.06. The number of ether oxygens (including phenoxy) is 1. The molecule has 78 valence electrons. The predicted molar refractivity (Wildman–Crippen MR) is 62.3 cm³/mol. The van der Waals surface area contributed by atoms with Gasteiger partial charge in [-0.25, -0.2) is 0 Å². The molecule has 1 atom stereocenters. The van der Waals surface area contributed by atoms with Gasteiger partial charge in [0.05, 0.1) is 5.44 Å². The largest absolute Gasteiger partial charge is 0.371 e. The topological polar surface area (TPSA) is 9.23 Å². The Labute approximate surface area is 88.0 Å². The van der Waals surface area contributed by atoms with Crippen molar-refractivity contribution in [3.8, 4) is 0 Å². The molecule has 0 saturated heterocycles. The lowest BCUT2D eigenvalue weighted by Gasteiger charge is -2.07. The molecule has 0 unspecified atom stereocenters. The molecular weight excluding hydrogens is 180 g/mol. The van der Waals surface area contributed by atoms with Gasteiger partial charge in [-0.05, 0) is 26.2 Å². The zero-order valence-corrected chi connectivity index (χ0v) is 9.94. The Hall–Kier alpha value is 0.0500. The van der Waals surface area contributed by atoms with Crippen LogP contribution in [0, 0.1) is 0 Å². The number of methoxy groups -OCH3 is 1. The number of allylic oxidation sites excluding steroid dienone is 2. The molecule has 0 spiro atoms. The van der Waals surface area contributed by atoms with Crippen LogP contribution >= 0.6 is 12.6 Å². The molecule has 13 heavy (non-hydrogen) atoms. The molecule has 0 rings (SSSR count). The van der Waals surface area contributed by atoms with Crippen LogP contribution in [0.1, 0.15) is 46.0 Å². The van der Waals surface area contributed by atoms with Gasteiger partial charge >= 0.3 is 0 Å². The summed E-state index contributed by atoms with van der Waals surface area (Å²) in [6.45, 7) is 4.41. The van der Waals surface area contributed by atoms with Crippen molar-refractivity contribution in [3.05, 3.63) is 11.6 Å². The summed E-state index contributed by atoms with van der Waals surface area (Å²) in [4.78, 5) is 0. The van der Waals surface area contributed by atoms with Gasteiger partial charge in [0.15, 0.2) is 0 Å². The van der Waals surface area contributed by atoms with E-state index in [9.17, 15) is 0 Å². The van der Waals surface area contributed by atoms with E-state index in [-0.39, 0.29) is 5.44 Å². The average molecular weight is 202 g/mol. The van der Waals surface area contributed by atoms with Crippen molar-refractivity contribution in [3.63, 3.8) is 0 Å². The summed E-state index contributed by atoms with van der Waals surface area (Å²) in [5, 5.41) is 0. The van der Waals surface area contributed by atoms with Crippen LogP contribution in [0.5, 0.6) is 0 Å². The highest BCUT2D eigenvalue weighted by Gasteiger charge is 1.99. The number of hydrogen-bond donors (Lipinski definition) is 1. The van der Waals surface area contributed by atoms with Crippen LogP contribution in [0.3, 0.4) is 0 Å². The molecule has 0 radical (unpaired) electrons. The quantitative estimate of drug-likeness (QED) is 0.286. The molecular formula is C11H22OS.